The van der Waals surface area contributed by atoms with Crippen LogP contribution in [-0.2, 0) is 0 Å². The first-order valence-corrected chi connectivity index (χ1v) is 8.75. The Labute approximate surface area is 153 Å². The average molecular weight is 364 g/mol. The van der Waals surface area contributed by atoms with Crippen LogP contribution in [0.3, 0.4) is 0 Å². The first kappa shape index (κ1) is 16.3. The van der Waals surface area contributed by atoms with E-state index in [1.807, 2.05) is 54.6 Å². The predicted octanol–water partition coefficient (Wildman–Crippen LogP) is 4.00. The topological polar surface area (TPSA) is 89.3 Å². The van der Waals surface area contributed by atoms with Gasteiger partial charge in [-0.1, -0.05) is 35.6 Å². The molecule has 1 heterocycles. The summed E-state index contributed by atoms with van der Waals surface area (Å²) in [6.07, 6.45) is 0. The molecule has 6 nitrogen and oxygen atoms in total. The van der Waals surface area contributed by atoms with Crippen LogP contribution in [0.25, 0.3) is 21.0 Å². The molecule has 26 heavy (non-hydrogen) atoms. The van der Waals surface area contributed by atoms with E-state index in [1.165, 1.54) is 11.3 Å². The molecule has 3 aromatic carbocycles. The summed E-state index contributed by atoms with van der Waals surface area (Å²) in [5.41, 5.74) is 4.53. The molecule has 0 bridgehead atoms. The molecule has 0 saturated heterocycles. The molecule has 0 unspecified atom stereocenters. The first-order chi connectivity index (χ1) is 12.7. The van der Waals surface area contributed by atoms with E-state index in [2.05, 4.69) is 15.7 Å². The second-order valence-corrected chi connectivity index (χ2v) is 6.73. The number of anilines is 2. The molecule has 0 aliphatic heterocycles. The van der Waals surface area contributed by atoms with Crippen molar-refractivity contribution in [1.29, 1.82) is 0 Å². The van der Waals surface area contributed by atoms with Gasteiger partial charge in [-0.3, -0.25) is 10.2 Å². The van der Waals surface area contributed by atoms with E-state index in [0.29, 0.717) is 22.1 Å². The van der Waals surface area contributed by atoms with Crippen molar-refractivity contribution in [2.24, 2.45) is 5.84 Å². The van der Waals surface area contributed by atoms with Gasteiger partial charge in [0.1, 0.15) is 5.75 Å². The predicted molar refractivity (Wildman–Crippen MR) is 106 cm³/mol. The van der Waals surface area contributed by atoms with Gasteiger partial charge in [-0.15, -0.1) is 0 Å². The number of rotatable bonds is 4. The summed E-state index contributed by atoms with van der Waals surface area (Å²) in [6, 6.07) is 17.1. The zero-order valence-electron chi connectivity index (χ0n) is 13.9. The maximum Gasteiger partial charge on any atom is 0.259 e. The maximum absolute atomic E-state index is 12.8. The van der Waals surface area contributed by atoms with E-state index in [1.54, 1.807) is 7.11 Å². The smallest absolute Gasteiger partial charge is 0.259 e. The van der Waals surface area contributed by atoms with Gasteiger partial charge in [0.15, 0.2) is 5.13 Å². The molecule has 0 aliphatic rings. The number of nitrogens with one attached hydrogen (secondary N) is 2. The van der Waals surface area contributed by atoms with E-state index in [0.717, 1.165) is 21.0 Å². The fourth-order valence-electron chi connectivity index (χ4n) is 2.83. The van der Waals surface area contributed by atoms with E-state index in [4.69, 9.17) is 10.6 Å². The largest absolute Gasteiger partial charge is 0.496 e. The molecule has 0 aliphatic carbocycles. The summed E-state index contributed by atoms with van der Waals surface area (Å²) < 4.78 is 6.34. The molecule has 7 heteroatoms. The van der Waals surface area contributed by atoms with Crippen LogP contribution in [0.5, 0.6) is 5.75 Å². The molecule has 4 aromatic rings. The number of benzene rings is 3. The molecule has 1 amide bonds. The zero-order chi connectivity index (χ0) is 18.1. The molecule has 0 spiro atoms. The quantitative estimate of drug-likeness (QED) is 0.376. The minimum Gasteiger partial charge on any atom is -0.496 e. The second-order valence-electron chi connectivity index (χ2n) is 5.70. The Morgan fingerprint density at radius 1 is 1.12 bits per heavy atom. The molecule has 0 fully saturated rings. The highest BCUT2D eigenvalue weighted by atomic mass is 32.1. The molecular formula is C19H16N4O2S. The molecule has 4 rings (SSSR count). The van der Waals surface area contributed by atoms with Crippen LogP contribution in [0.1, 0.15) is 10.4 Å². The maximum atomic E-state index is 12.8. The van der Waals surface area contributed by atoms with Crippen LogP contribution in [0, 0.1) is 0 Å². The lowest BCUT2D eigenvalue weighted by atomic mass is 10.1. The third kappa shape index (κ3) is 2.94. The lowest BCUT2D eigenvalue weighted by Gasteiger charge is -2.11. The lowest BCUT2D eigenvalue weighted by molar-refractivity contribution is 0.102. The number of hydrogen-bond donors (Lipinski definition) is 3. The Bertz CT molecular complexity index is 1120. The third-order valence-corrected chi connectivity index (χ3v) is 5.03. The normalized spacial score (nSPS) is 10.8. The van der Waals surface area contributed by atoms with Gasteiger partial charge in [0.05, 0.1) is 22.9 Å². The molecule has 0 saturated carbocycles. The summed E-state index contributed by atoms with van der Waals surface area (Å²) in [4.78, 5) is 17.1. The van der Waals surface area contributed by atoms with Crippen LogP contribution in [0.2, 0.25) is 0 Å². The number of aromatic nitrogens is 1. The monoisotopic (exact) mass is 364 g/mol. The van der Waals surface area contributed by atoms with Gasteiger partial charge in [0, 0.05) is 5.69 Å². The number of nitrogen functional groups attached to an aromatic ring is 1. The van der Waals surface area contributed by atoms with Crippen molar-refractivity contribution in [1.82, 2.24) is 4.98 Å². The number of amides is 1. The molecule has 0 radical (unpaired) electrons. The van der Waals surface area contributed by atoms with Crippen molar-refractivity contribution < 1.29 is 9.53 Å². The average Bonchev–Trinajstić information content (AvgIpc) is 3.09. The van der Waals surface area contributed by atoms with Gasteiger partial charge in [-0.05, 0) is 41.1 Å². The summed E-state index contributed by atoms with van der Waals surface area (Å²) in [5, 5.41) is 5.55. The van der Waals surface area contributed by atoms with Gasteiger partial charge in [0.2, 0.25) is 0 Å². The third-order valence-electron chi connectivity index (χ3n) is 4.08. The number of thiazole rings is 1. The Balaban J connectivity index is 1.68. The standard InChI is InChI=1S/C19H16N4O2S/c1-25-16-9-12-5-3-2-4-11(12)8-14(16)18(24)21-13-6-7-15-17(10-13)26-19(22-15)23-20/h2-10H,20H2,1H3,(H,21,24)(H,22,23). The number of hydrogen-bond acceptors (Lipinski definition) is 6. The molecular weight excluding hydrogens is 348 g/mol. The first-order valence-electron chi connectivity index (χ1n) is 7.93. The zero-order valence-corrected chi connectivity index (χ0v) is 14.8. The Hall–Kier alpha value is -3.16. The number of nitrogens with zero attached hydrogens (tertiary/aromatic N) is 1. The van der Waals surface area contributed by atoms with Crippen LogP contribution >= 0.6 is 11.3 Å². The highest BCUT2D eigenvalue weighted by Crippen LogP contribution is 2.29. The number of methoxy groups -OCH3 is 1. The van der Waals surface area contributed by atoms with Crippen molar-refractivity contribution in [3.8, 4) is 5.75 Å². The van der Waals surface area contributed by atoms with Crippen LogP contribution < -0.4 is 21.3 Å². The number of hydrazine groups is 1. The number of nitrogens with two attached hydrogens (primary N) is 1. The number of carbonyl (C=O) groups is 1. The van der Waals surface area contributed by atoms with Gasteiger partial charge in [0.25, 0.3) is 5.91 Å². The van der Waals surface area contributed by atoms with E-state index in [-0.39, 0.29) is 5.91 Å². The van der Waals surface area contributed by atoms with Crippen molar-refractivity contribution >= 4 is 49.1 Å². The summed E-state index contributed by atoms with van der Waals surface area (Å²) >= 11 is 1.42. The van der Waals surface area contributed by atoms with Crippen molar-refractivity contribution in [2.75, 3.05) is 17.9 Å². The van der Waals surface area contributed by atoms with E-state index < -0.39 is 0 Å². The number of carbonyl (C=O) groups excluding carboxylic acids is 1. The van der Waals surface area contributed by atoms with Crippen LogP contribution in [0.4, 0.5) is 10.8 Å². The van der Waals surface area contributed by atoms with E-state index >= 15 is 0 Å². The number of fused-ring (bicyclic) bond motifs is 2. The Morgan fingerprint density at radius 2 is 1.88 bits per heavy atom. The van der Waals surface area contributed by atoms with Crippen molar-refractivity contribution in [3.05, 3.63) is 60.2 Å². The van der Waals surface area contributed by atoms with Gasteiger partial charge in [-0.25, -0.2) is 10.8 Å². The minimum absolute atomic E-state index is 0.228. The van der Waals surface area contributed by atoms with E-state index in [9.17, 15) is 4.79 Å². The van der Waals surface area contributed by atoms with Crippen LogP contribution in [0.15, 0.2) is 54.6 Å². The highest BCUT2D eigenvalue weighted by Gasteiger charge is 2.14. The van der Waals surface area contributed by atoms with Crippen molar-refractivity contribution in [2.45, 2.75) is 0 Å². The molecule has 4 N–H and O–H groups in total. The van der Waals surface area contributed by atoms with Crippen LogP contribution in [-0.4, -0.2) is 18.0 Å². The Kier molecular flexibility index (Phi) is 4.16. The second kappa shape index (κ2) is 6.62. The SMILES string of the molecule is COc1cc2ccccc2cc1C(=O)Nc1ccc2nc(NN)sc2c1. The Morgan fingerprint density at radius 3 is 2.62 bits per heavy atom. The molecule has 1 aromatic heterocycles. The summed E-state index contributed by atoms with van der Waals surface area (Å²) in [6.45, 7) is 0. The summed E-state index contributed by atoms with van der Waals surface area (Å²) in [7, 11) is 1.56. The van der Waals surface area contributed by atoms with Gasteiger partial charge < -0.3 is 10.1 Å². The highest BCUT2D eigenvalue weighted by molar-refractivity contribution is 7.22. The lowest BCUT2D eigenvalue weighted by Crippen LogP contribution is -2.13. The molecule has 130 valence electrons. The fraction of sp³-hybridized carbons (Fsp3) is 0.0526. The number of ether oxygens (including phenoxy) is 1. The van der Waals surface area contributed by atoms with Gasteiger partial charge in [-0.2, -0.15) is 0 Å². The fourth-order valence-corrected chi connectivity index (χ4v) is 3.64. The molecule has 0 atom stereocenters. The summed E-state index contributed by atoms with van der Waals surface area (Å²) in [5.74, 6) is 5.71. The van der Waals surface area contributed by atoms with Gasteiger partial charge >= 0.3 is 0 Å². The minimum atomic E-state index is -0.228. The van der Waals surface area contributed by atoms with Crippen molar-refractivity contribution in [3.63, 3.8) is 0 Å².